The summed E-state index contributed by atoms with van der Waals surface area (Å²) in [6.45, 7) is 0. The molecule has 0 amide bonds. The third kappa shape index (κ3) is 3.42. The van der Waals surface area contributed by atoms with Crippen molar-refractivity contribution in [3.63, 3.8) is 0 Å². The average Bonchev–Trinajstić information content (AvgIpc) is 2.85. The highest BCUT2D eigenvalue weighted by Gasteiger charge is 2.16. The van der Waals surface area contributed by atoms with Crippen molar-refractivity contribution < 1.29 is 17.2 Å². The maximum absolute atomic E-state index is 13.6. The molecule has 0 N–H and O–H groups in total. The van der Waals surface area contributed by atoms with Crippen molar-refractivity contribution >= 4 is 10.0 Å². The highest BCUT2D eigenvalue weighted by Crippen LogP contribution is 2.16. The molecule has 0 aliphatic carbocycles. The van der Waals surface area contributed by atoms with E-state index in [4.69, 9.17) is 0 Å². The molecule has 0 saturated carbocycles. The number of hydrogen-bond donors (Lipinski definition) is 0. The predicted octanol–water partition coefficient (Wildman–Crippen LogP) is 0.979. The monoisotopic (exact) mass is 316 g/mol. The number of hydrogen-bond acceptors (Lipinski definition) is 4. The third-order valence-corrected chi connectivity index (χ3v) is 4.71. The zero-order chi connectivity index (χ0) is 15.6. The number of aromatic nitrogens is 3. The lowest BCUT2D eigenvalue weighted by atomic mass is 10.3. The Morgan fingerprint density at radius 3 is 2.43 bits per heavy atom. The number of nitrogens with zero attached hydrogens (tertiary/aromatic N) is 4. The van der Waals surface area contributed by atoms with Gasteiger partial charge in [0.25, 0.3) is 0 Å². The third-order valence-electron chi connectivity index (χ3n) is 2.88. The van der Waals surface area contributed by atoms with E-state index in [1.165, 1.54) is 26.4 Å². The molecular weight excluding hydrogens is 302 g/mol. The fourth-order valence-electron chi connectivity index (χ4n) is 1.65. The molecule has 2 aromatic rings. The Kier molecular flexibility index (Phi) is 4.33. The standard InChI is InChI=1S/C12H14F2N4O2S/c1-17(2)21(19,20)7-6-9-8-18(16-15-9)12-10(13)4-3-5-11(12)14/h3-5,8H,6-7H2,1-2H3. The zero-order valence-corrected chi connectivity index (χ0v) is 12.3. The Hall–Kier alpha value is -1.87. The topological polar surface area (TPSA) is 68.1 Å². The number of para-hydroxylation sites is 1. The Labute approximate surface area is 121 Å². The van der Waals surface area contributed by atoms with E-state index in [0.29, 0.717) is 5.69 Å². The molecule has 0 bridgehead atoms. The van der Waals surface area contributed by atoms with Crippen LogP contribution in [0.2, 0.25) is 0 Å². The lowest BCUT2D eigenvalue weighted by Crippen LogP contribution is -2.26. The van der Waals surface area contributed by atoms with Crippen LogP contribution >= 0.6 is 0 Å². The molecule has 0 radical (unpaired) electrons. The van der Waals surface area contributed by atoms with E-state index in [2.05, 4.69) is 10.3 Å². The Balaban J connectivity index is 2.20. The van der Waals surface area contributed by atoms with Crippen LogP contribution in [0.4, 0.5) is 8.78 Å². The van der Waals surface area contributed by atoms with Crippen LogP contribution in [0.5, 0.6) is 0 Å². The lowest BCUT2D eigenvalue weighted by molar-refractivity contribution is 0.520. The molecule has 1 aromatic heterocycles. The van der Waals surface area contributed by atoms with E-state index in [9.17, 15) is 17.2 Å². The molecule has 6 nitrogen and oxygen atoms in total. The number of halogens is 2. The quantitative estimate of drug-likeness (QED) is 0.824. The maximum atomic E-state index is 13.6. The molecule has 0 aliphatic rings. The largest absolute Gasteiger partial charge is 0.214 e. The second-order valence-electron chi connectivity index (χ2n) is 4.57. The molecule has 114 valence electrons. The van der Waals surface area contributed by atoms with Gasteiger partial charge in [-0.25, -0.2) is 26.2 Å². The van der Waals surface area contributed by atoms with Crippen molar-refractivity contribution in [2.75, 3.05) is 19.8 Å². The van der Waals surface area contributed by atoms with Crippen LogP contribution in [0, 0.1) is 11.6 Å². The molecule has 0 saturated heterocycles. The normalized spacial score (nSPS) is 12.0. The van der Waals surface area contributed by atoms with Gasteiger partial charge in [-0.2, -0.15) is 0 Å². The van der Waals surface area contributed by atoms with Crippen molar-refractivity contribution in [2.24, 2.45) is 0 Å². The van der Waals surface area contributed by atoms with Gasteiger partial charge in [0.2, 0.25) is 10.0 Å². The SMILES string of the molecule is CN(C)S(=O)(=O)CCc1cn(-c2c(F)cccc2F)nn1. The summed E-state index contributed by atoms with van der Waals surface area (Å²) in [6.07, 6.45) is 1.42. The van der Waals surface area contributed by atoms with E-state index in [1.807, 2.05) is 0 Å². The van der Waals surface area contributed by atoms with Gasteiger partial charge in [0.15, 0.2) is 11.6 Å². The minimum Gasteiger partial charge on any atom is -0.214 e. The van der Waals surface area contributed by atoms with E-state index in [1.54, 1.807) is 0 Å². The maximum Gasteiger partial charge on any atom is 0.213 e. The minimum absolute atomic E-state index is 0.108. The highest BCUT2D eigenvalue weighted by molar-refractivity contribution is 7.89. The van der Waals surface area contributed by atoms with Gasteiger partial charge in [-0.1, -0.05) is 11.3 Å². The Bertz CT molecular complexity index is 723. The first kappa shape index (κ1) is 15.5. The van der Waals surface area contributed by atoms with E-state index in [-0.39, 0.29) is 17.9 Å². The summed E-state index contributed by atoms with van der Waals surface area (Å²) in [4.78, 5) is 0. The van der Waals surface area contributed by atoms with Gasteiger partial charge in [-0.3, -0.25) is 0 Å². The summed E-state index contributed by atoms with van der Waals surface area (Å²) in [5, 5.41) is 7.37. The lowest BCUT2D eigenvalue weighted by Gasteiger charge is -2.09. The number of benzene rings is 1. The Morgan fingerprint density at radius 2 is 1.86 bits per heavy atom. The molecule has 0 unspecified atom stereocenters. The highest BCUT2D eigenvalue weighted by atomic mass is 32.2. The molecule has 0 atom stereocenters. The summed E-state index contributed by atoms with van der Waals surface area (Å²) in [5.74, 6) is -1.70. The number of aryl methyl sites for hydroxylation is 1. The summed E-state index contributed by atoms with van der Waals surface area (Å²) in [5.41, 5.74) is -0.00482. The van der Waals surface area contributed by atoms with Crippen LogP contribution < -0.4 is 0 Å². The molecule has 0 spiro atoms. The molecule has 0 fully saturated rings. The van der Waals surface area contributed by atoms with Crippen LogP contribution in [0.15, 0.2) is 24.4 Å². The first-order valence-corrected chi connectivity index (χ1v) is 7.68. The predicted molar refractivity (Wildman–Crippen MR) is 72.5 cm³/mol. The van der Waals surface area contributed by atoms with Crippen molar-refractivity contribution in [3.05, 3.63) is 41.7 Å². The van der Waals surface area contributed by atoms with Crippen LogP contribution in [0.25, 0.3) is 5.69 Å². The van der Waals surface area contributed by atoms with Gasteiger partial charge in [0.05, 0.1) is 17.6 Å². The summed E-state index contributed by atoms with van der Waals surface area (Å²) in [7, 11) is -0.497. The van der Waals surface area contributed by atoms with E-state index in [0.717, 1.165) is 21.1 Å². The number of rotatable bonds is 5. The summed E-state index contributed by atoms with van der Waals surface area (Å²) >= 11 is 0. The van der Waals surface area contributed by atoms with Crippen LogP contribution in [0.3, 0.4) is 0 Å². The van der Waals surface area contributed by atoms with Gasteiger partial charge in [0.1, 0.15) is 5.69 Å². The van der Waals surface area contributed by atoms with E-state index < -0.39 is 21.7 Å². The van der Waals surface area contributed by atoms with Crippen molar-refractivity contribution in [1.29, 1.82) is 0 Å². The van der Waals surface area contributed by atoms with Gasteiger partial charge in [-0.15, -0.1) is 5.10 Å². The fraction of sp³-hybridized carbons (Fsp3) is 0.333. The van der Waals surface area contributed by atoms with Gasteiger partial charge in [-0.05, 0) is 12.1 Å². The first-order chi connectivity index (χ1) is 9.81. The molecule has 21 heavy (non-hydrogen) atoms. The average molecular weight is 316 g/mol. The smallest absolute Gasteiger partial charge is 0.213 e. The van der Waals surface area contributed by atoms with Crippen LogP contribution in [-0.4, -0.2) is 47.6 Å². The van der Waals surface area contributed by atoms with E-state index >= 15 is 0 Å². The Morgan fingerprint density at radius 1 is 1.24 bits per heavy atom. The van der Waals surface area contributed by atoms with Crippen molar-refractivity contribution in [1.82, 2.24) is 19.3 Å². The van der Waals surface area contributed by atoms with Gasteiger partial charge in [0, 0.05) is 20.5 Å². The first-order valence-electron chi connectivity index (χ1n) is 6.07. The molecular formula is C12H14F2N4O2S. The molecule has 9 heteroatoms. The molecule has 1 heterocycles. The van der Waals surface area contributed by atoms with Crippen molar-refractivity contribution in [2.45, 2.75) is 6.42 Å². The second kappa shape index (κ2) is 5.86. The fourth-order valence-corrected chi connectivity index (χ4v) is 2.48. The number of sulfonamides is 1. The van der Waals surface area contributed by atoms with Gasteiger partial charge >= 0.3 is 0 Å². The van der Waals surface area contributed by atoms with Crippen molar-refractivity contribution in [3.8, 4) is 5.69 Å². The minimum atomic E-state index is -3.36. The second-order valence-corrected chi connectivity index (χ2v) is 6.88. The van der Waals surface area contributed by atoms with Crippen LogP contribution in [-0.2, 0) is 16.4 Å². The summed E-state index contributed by atoms with van der Waals surface area (Å²) in [6, 6.07) is 3.46. The molecule has 2 rings (SSSR count). The molecule has 1 aromatic carbocycles. The molecule has 0 aliphatic heterocycles. The van der Waals surface area contributed by atoms with Crippen LogP contribution in [0.1, 0.15) is 5.69 Å². The summed E-state index contributed by atoms with van der Waals surface area (Å²) < 4.78 is 52.5. The zero-order valence-electron chi connectivity index (χ0n) is 11.5. The van der Waals surface area contributed by atoms with Gasteiger partial charge < -0.3 is 0 Å².